The number of anilines is 1. The summed E-state index contributed by atoms with van der Waals surface area (Å²) in [6.45, 7) is 10.9. The fraction of sp³-hybridized carbons (Fsp3) is 0.667. The first-order valence-electron chi connectivity index (χ1n) is 7.77. The van der Waals surface area contributed by atoms with Gasteiger partial charge in [-0.2, -0.15) is 0 Å². The number of carbonyl (C=O) groups is 1. The Balaban J connectivity index is 2.37. The Labute approximate surface area is 127 Å². The molecule has 0 spiro atoms. The third kappa shape index (κ3) is 6.53. The molecular weight excluding hydrogens is 266 g/mol. The monoisotopic (exact) mass is 293 g/mol. The molecule has 6 heteroatoms. The minimum Gasteiger partial charge on any atom is -0.369 e. The van der Waals surface area contributed by atoms with Crippen LogP contribution in [0.15, 0.2) is 12.4 Å². The van der Waals surface area contributed by atoms with Crippen molar-refractivity contribution in [2.45, 2.75) is 33.6 Å². The molecule has 1 rings (SSSR count). The summed E-state index contributed by atoms with van der Waals surface area (Å²) in [6.07, 6.45) is 5.07. The molecule has 0 aliphatic heterocycles. The van der Waals surface area contributed by atoms with Crippen molar-refractivity contribution in [1.29, 1.82) is 0 Å². The molecule has 0 saturated carbocycles. The predicted octanol–water partition coefficient (Wildman–Crippen LogP) is 1.76. The molecule has 118 valence electrons. The maximum Gasteiger partial charge on any atom is 0.271 e. The number of rotatable bonds is 10. The Hall–Kier alpha value is -1.69. The van der Waals surface area contributed by atoms with E-state index in [0.717, 1.165) is 39.0 Å². The van der Waals surface area contributed by atoms with Crippen LogP contribution < -0.4 is 10.6 Å². The van der Waals surface area contributed by atoms with Crippen LogP contribution in [0.4, 0.5) is 5.82 Å². The molecule has 1 heterocycles. The summed E-state index contributed by atoms with van der Waals surface area (Å²) >= 11 is 0. The Morgan fingerprint density at radius 3 is 2.62 bits per heavy atom. The first kappa shape index (κ1) is 17.4. The molecule has 0 radical (unpaired) electrons. The average Bonchev–Trinajstić information content (AvgIpc) is 2.53. The minimum absolute atomic E-state index is 0.165. The molecular formula is C15H27N5O. The predicted molar refractivity (Wildman–Crippen MR) is 85.6 cm³/mol. The highest BCUT2D eigenvalue weighted by Gasteiger charge is 2.08. The molecule has 0 saturated heterocycles. The zero-order valence-corrected chi connectivity index (χ0v) is 13.4. The van der Waals surface area contributed by atoms with Crippen molar-refractivity contribution in [3.8, 4) is 0 Å². The van der Waals surface area contributed by atoms with Crippen molar-refractivity contribution < 1.29 is 4.79 Å². The molecule has 1 amide bonds. The Morgan fingerprint density at radius 1 is 1.19 bits per heavy atom. The highest BCUT2D eigenvalue weighted by atomic mass is 16.1. The number of hydrogen-bond acceptors (Lipinski definition) is 5. The van der Waals surface area contributed by atoms with Crippen LogP contribution in [0, 0.1) is 0 Å². The van der Waals surface area contributed by atoms with E-state index in [4.69, 9.17) is 0 Å². The molecule has 0 aliphatic rings. The highest BCUT2D eigenvalue weighted by Crippen LogP contribution is 2.02. The largest absolute Gasteiger partial charge is 0.369 e. The molecule has 0 fully saturated rings. The molecule has 0 unspecified atom stereocenters. The second kappa shape index (κ2) is 10.1. The van der Waals surface area contributed by atoms with E-state index in [2.05, 4.69) is 46.3 Å². The molecule has 1 aromatic rings. The van der Waals surface area contributed by atoms with Crippen LogP contribution in [0.2, 0.25) is 0 Å². The van der Waals surface area contributed by atoms with Crippen LogP contribution in [-0.2, 0) is 0 Å². The lowest BCUT2D eigenvalue weighted by Gasteiger charge is -2.17. The fourth-order valence-electron chi connectivity index (χ4n) is 1.95. The van der Waals surface area contributed by atoms with Crippen LogP contribution in [0.5, 0.6) is 0 Å². The van der Waals surface area contributed by atoms with E-state index in [1.54, 1.807) is 6.20 Å². The summed E-state index contributed by atoms with van der Waals surface area (Å²) in [5.74, 6) is 0.481. The van der Waals surface area contributed by atoms with E-state index in [0.29, 0.717) is 18.1 Å². The Morgan fingerprint density at radius 2 is 1.95 bits per heavy atom. The van der Waals surface area contributed by atoms with E-state index in [9.17, 15) is 4.79 Å². The molecule has 0 aromatic carbocycles. The van der Waals surface area contributed by atoms with Gasteiger partial charge in [0.15, 0.2) is 0 Å². The van der Waals surface area contributed by atoms with Crippen LogP contribution >= 0.6 is 0 Å². The molecule has 0 atom stereocenters. The zero-order valence-electron chi connectivity index (χ0n) is 13.4. The summed E-state index contributed by atoms with van der Waals surface area (Å²) in [6, 6.07) is 0. The summed E-state index contributed by atoms with van der Waals surface area (Å²) in [4.78, 5) is 22.6. The molecule has 21 heavy (non-hydrogen) atoms. The van der Waals surface area contributed by atoms with E-state index in [1.807, 2.05) is 0 Å². The number of hydrogen-bond donors (Lipinski definition) is 2. The van der Waals surface area contributed by atoms with Crippen LogP contribution in [0.3, 0.4) is 0 Å². The van der Waals surface area contributed by atoms with E-state index in [-0.39, 0.29) is 5.91 Å². The van der Waals surface area contributed by atoms with Gasteiger partial charge in [-0.15, -0.1) is 0 Å². The van der Waals surface area contributed by atoms with Gasteiger partial charge in [-0.05, 0) is 32.5 Å². The van der Waals surface area contributed by atoms with Gasteiger partial charge in [0, 0.05) is 13.1 Å². The van der Waals surface area contributed by atoms with Crippen molar-refractivity contribution in [2.24, 2.45) is 0 Å². The van der Waals surface area contributed by atoms with Crippen molar-refractivity contribution in [2.75, 3.05) is 38.0 Å². The summed E-state index contributed by atoms with van der Waals surface area (Å²) in [5.41, 5.74) is 0.360. The molecule has 6 nitrogen and oxygen atoms in total. The third-order valence-corrected chi connectivity index (χ3v) is 3.25. The number of aromatic nitrogens is 2. The molecule has 2 N–H and O–H groups in total. The number of carbonyl (C=O) groups excluding carboxylic acids is 1. The zero-order chi connectivity index (χ0) is 15.5. The van der Waals surface area contributed by atoms with E-state index < -0.39 is 0 Å². The van der Waals surface area contributed by atoms with Gasteiger partial charge in [-0.3, -0.25) is 9.78 Å². The lowest BCUT2D eigenvalue weighted by atomic mass is 10.3. The van der Waals surface area contributed by atoms with Crippen LogP contribution in [0.1, 0.15) is 44.1 Å². The first-order chi connectivity index (χ1) is 10.2. The number of nitrogens with zero attached hydrogens (tertiary/aromatic N) is 3. The van der Waals surface area contributed by atoms with Crippen molar-refractivity contribution in [3.05, 3.63) is 18.1 Å². The van der Waals surface area contributed by atoms with Gasteiger partial charge in [0.05, 0.1) is 12.4 Å². The van der Waals surface area contributed by atoms with Gasteiger partial charge >= 0.3 is 0 Å². The number of nitrogens with one attached hydrogen (secondary N) is 2. The van der Waals surface area contributed by atoms with Gasteiger partial charge in [-0.1, -0.05) is 20.8 Å². The fourth-order valence-corrected chi connectivity index (χ4v) is 1.95. The second-order valence-electron chi connectivity index (χ2n) is 4.85. The number of amides is 1. The third-order valence-electron chi connectivity index (χ3n) is 3.25. The van der Waals surface area contributed by atoms with Crippen molar-refractivity contribution >= 4 is 11.7 Å². The Kier molecular flexibility index (Phi) is 8.35. The summed E-state index contributed by atoms with van der Waals surface area (Å²) in [5, 5.41) is 6.02. The smallest absolute Gasteiger partial charge is 0.271 e. The van der Waals surface area contributed by atoms with Gasteiger partial charge < -0.3 is 15.5 Å². The van der Waals surface area contributed by atoms with E-state index >= 15 is 0 Å². The van der Waals surface area contributed by atoms with Gasteiger partial charge in [0.25, 0.3) is 5.91 Å². The Bertz CT molecular complexity index is 420. The topological polar surface area (TPSA) is 70.2 Å². The first-order valence-corrected chi connectivity index (χ1v) is 7.77. The standard InChI is InChI=1S/C15H27N5O/c1-4-8-17-14-12-16-11-13(19-14)15(21)18-9-7-10-20(5-2)6-3/h11-12H,4-10H2,1-3H3,(H,17,19)(H,18,21). The maximum atomic E-state index is 12.0. The van der Waals surface area contributed by atoms with Gasteiger partial charge in [0.1, 0.15) is 11.5 Å². The van der Waals surface area contributed by atoms with Gasteiger partial charge in [-0.25, -0.2) is 4.98 Å². The SMILES string of the molecule is CCCNc1cncc(C(=O)NCCCN(CC)CC)n1. The van der Waals surface area contributed by atoms with Crippen LogP contribution in [-0.4, -0.2) is 53.5 Å². The van der Waals surface area contributed by atoms with E-state index in [1.165, 1.54) is 6.20 Å². The second-order valence-corrected chi connectivity index (χ2v) is 4.85. The highest BCUT2D eigenvalue weighted by molar-refractivity contribution is 5.92. The van der Waals surface area contributed by atoms with Crippen LogP contribution in [0.25, 0.3) is 0 Å². The minimum atomic E-state index is -0.165. The quantitative estimate of drug-likeness (QED) is 0.643. The molecule has 0 bridgehead atoms. The normalized spacial score (nSPS) is 10.7. The van der Waals surface area contributed by atoms with Gasteiger partial charge in [0.2, 0.25) is 0 Å². The lowest BCUT2D eigenvalue weighted by Crippen LogP contribution is -2.30. The van der Waals surface area contributed by atoms with Crippen molar-refractivity contribution in [1.82, 2.24) is 20.2 Å². The summed E-state index contributed by atoms with van der Waals surface area (Å²) < 4.78 is 0. The summed E-state index contributed by atoms with van der Waals surface area (Å²) in [7, 11) is 0. The molecule has 0 aliphatic carbocycles. The average molecular weight is 293 g/mol. The molecule has 1 aromatic heterocycles. The van der Waals surface area contributed by atoms with Crippen molar-refractivity contribution in [3.63, 3.8) is 0 Å². The maximum absolute atomic E-state index is 12.0. The lowest BCUT2D eigenvalue weighted by molar-refractivity contribution is 0.0946.